The summed E-state index contributed by atoms with van der Waals surface area (Å²) in [6.45, 7) is 2.08. The van der Waals surface area contributed by atoms with Crippen LogP contribution in [0.5, 0.6) is 0 Å². The lowest BCUT2D eigenvalue weighted by molar-refractivity contribution is -0.304. The summed E-state index contributed by atoms with van der Waals surface area (Å²) in [6.07, 6.45) is 2.46. The Hall–Kier alpha value is -1.72. The first-order valence-electron chi connectivity index (χ1n) is 4.73. The average molecular weight is 207 g/mol. The van der Waals surface area contributed by atoms with Crippen molar-refractivity contribution in [2.45, 2.75) is 13.3 Å². The van der Waals surface area contributed by atoms with E-state index in [0.717, 1.165) is 12.1 Å². The molecular formula is C10H13N3O2. The van der Waals surface area contributed by atoms with Gasteiger partial charge in [0.1, 0.15) is 0 Å². The van der Waals surface area contributed by atoms with E-state index in [0.29, 0.717) is 5.23 Å². The summed E-state index contributed by atoms with van der Waals surface area (Å²) < 4.78 is 0. The monoisotopic (exact) mass is 207 g/mol. The fourth-order valence-electron chi connectivity index (χ4n) is 1.36. The number of nitrogens with zero attached hydrogens (tertiary/aromatic N) is 2. The van der Waals surface area contributed by atoms with Crippen LogP contribution in [-0.4, -0.2) is 10.4 Å². The second-order valence-electron chi connectivity index (χ2n) is 3.26. The normalized spacial score (nSPS) is 15.7. The molecule has 0 unspecified atom stereocenters. The topological polar surface area (TPSA) is 62.0 Å². The van der Waals surface area contributed by atoms with E-state index in [1.54, 1.807) is 0 Å². The Morgan fingerprint density at radius 3 is 2.87 bits per heavy atom. The predicted octanol–water partition coefficient (Wildman–Crippen LogP) is 1.36. The first-order valence-corrected chi connectivity index (χ1v) is 4.73. The molecule has 0 fully saturated rings. The Balaban J connectivity index is 2.24. The van der Waals surface area contributed by atoms with Gasteiger partial charge in [-0.3, -0.25) is 5.21 Å². The van der Waals surface area contributed by atoms with Crippen LogP contribution in [0.1, 0.15) is 12.5 Å². The van der Waals surface area contributed by atoms with Gasteiger partial charge in [-0.2, -0.15) is 5.06 Å². The van der Waals surface area contributed by atoms with Crippen LogP contribution >= 0.6 is 0 Å². The van der Waals surface area contributed by atoms with E-state index >= 15 is 0 Å². The van der Waals surface area contributed by atoms with E-state index in [4.69, 9.17) is 15.9 Å². The lowest BCUT2D eigenvalue weighted by Crippen LogP contribution is -2.22. The molecule has 0 spiro atoms. The molecule has 1 aliphatic rings. The maximum Gasteiger partial charge on any atom is 0.176 e. The Morgan fingerprint density at radius 1 is 1.47 bits per heavy atom. The van der Waals surface area contributed by atoms with Gasteiger partial charge in [-0.05, 0) is 24.1 Å². The minimum atomic E-state index is 0.150. The number of hydroxylamine groups is 3. The minimum absolute atomic E-state index is 0.150. The summed E-state index contributed by atoms with van der Waals surface area (Å²) in [5.74, 6) is 0.150. The molecule has 0 atom stereocenters. The molecule has 0 aromatic heterocycles. The van der Waals surface area contributed by atoms with E-state index in [9.17, 15) is 0 Å². The van der Waals surface area contributed by atoms with Crippen LogP contribution in [0.4, 0.5) is 5.69 Å². The fourth-order valence-corrected chi connectivity index (χ4v) is 1.36. The van der Waals surface area contributed by atoms with Crippen LogP contribution in [0.2, 0.25) is 0 Å². The summed E-state index contributed by atoms with van der Waals surface area (Å²) in [6, 6.07) is 7.82. The van der Waals surface area contributed by atoms with Crippen LogP contribution in [0.15, 0.2) is 36.3 Å². The summed E-state index contributed by atoms with van der Waals surface area (Å²) in [5, 5.41) is 11.1. The Labute approximate surface area is 87.8 Å². The van der Waals surface area contributed by atoms with Crippen molar-refractivity contribution in [3.05, 3.63) is 41.8 Å². The van der Waals surface area contributed by atoms with Crippen molar-refractivity contribution in [3.8, 4) is 0 Å². The molecule has 0 bridgehead atoms. The first-order chi connectivity index (χ1) is 7.20. The fraction of sp³-hybridized carbons (Fsp3) is 0.200. The van der Waals surface area contributed by atoms with Crippen molar-refractivity contribution >= 4 is 5.69 Å². The standard InChI is InChI=1S/C10H13N3O2/c1-2-8-4-3-5-9(6-8)12-7-10(11)13(14)15-12/h3-7,14H,2,11H2,1H3. The summed E-state index contributed by atoms with van der Waals surface area (Å²) in [5.41, 5.74) is 7.47. The third-order valence-corrected chi connectivity index (χ3v) is 2.21. The molecule has 3 N–H and O–H groups in total. The number of nitrogens with two attached hydrogens (primary N) is 1. The maximum absolute atomic E-state index is 9.13. The molecule has 0 radical (unpaired) electrons. The molecule has 1 aliphatic heterocycles. The summed E-state index contributed by atoms with van der Waals surface area (Å²) in [4.78, 5) is 4.96. The van der Waals surface area contributed by atoms with Gasteiger partial charge >= 0.3 is 0 Å². The average Bonchev–Trinajstić information content (AvgIpc) is 2.59. The van der Waals surface area contributed by atoms with E-state index in [2.05, 4.69) is 6.92 Å². The van der Waals surface area contributed by atoms with Crippen LogP contribution in [-0.2, 0) is 11.4 Å². The first kappa shape index (κ1) is 9.82. The molecule has 1 aromatic rings. The number of hydrogen-bond acceptors (Lipinski definition) is 5. The molecule has 1 aromatic carbocycles. The molecule has 0 saturated carbocycles. The molecule has 0 amide bonds. The molecule has 5 heteroatoms. The molecule has 5 nitrogen and oxygen atoms in total. The van der Waals surface area contributed by atoms with Crippen LogP contribution in [0, 0.1) is 0 Å². The zero-order chi connectivity index (χ0) is 10.8. The lowest BCUT2D eigenvalue weighted by Gasteiger charge is -2.15. The van der Waals surface area contributed by atoms with Crippen molar-refractivity contribution in [2.24, 2.45) is 5.73 Å². The van der Waals surface area contributed by atoms with Crippen molar-refractivity contribution in [1.29, 1.82) is 0 Å². The zero-order valence-electron chi connectivity index (χ0n) is 8.42. The van der Waals surface area contributed by atoms with Crippen LogP contribution in [0.3, 0.4) is 0 Å². The highest BCUT2D eigenvalue weighted by atomic mass is 17.0. The molecule has 80 valence electrons. The van der Waals surface area contributed by atoms with Gasteiger partial charge < -0.3 is 5.73 Å². The summed E-state index contributed by atoms with van der Waals surface area (Å²) in [7, 11) is 0. The SMILES string of the molecule is CCc1cccc(N2C=C(N)N(O)O2)c1. The van der Waals surface area contributed by atoms with E-state index < -0.39 is 0 Å². The number of hydrogen-bond donors (Lipinski definition) is 2. The van der Waals surface area contributed by atoms with E-state index in [-0.39, 0.29) is 5.82 Å². The number of aryl methyl sites for hydroxylation is 1. The van der Waals surface area contributed by atoms with Crippen molar-refractivity contribution < 1.29 is 10.1 Å². The quantitative estimate of drug-likeness (QED) is 0.766. The molecule has 1 heterocycles. The highest BCUT2D eigenvalue weighted by Crippen LogP contribution is 2.22. The van der Waals surface area contributed by atoms with Crippen LogP contribution in [0.25, 0.3) is 0 Å². The number of anilines is 1. The van der Waals surface area contributed by atoms with E-state index in [1.165, 1.54) is 16.8 Å². The number of rotatable bonds is 2. The highest BCUT2D eigenvalue weighted by molar-refractivity contribution is 5.49. The van der Waals surface area contributed by atoms with Crippen LogP contribution < -0.4 is 10.8 Å². The molecular weight excluding hydrogens is 194 g/mol. The third kappa shape index (κ3) is 1.88. The smallest absolute Gasteiger partial charge is 0.176 e. The third-order valence-electron chi connectivity index (χ3n) is 2.21. The van der Waals surface area contributed by atoms with Gasteiger partial charge in [-0.15, -0.1) is 4.94 Å². The number of benzene rings is 1. The Morgan fingerprint density at radius 2 is 2.27 bits per heavy atom. The minimum Gasteiger partial charge on any atom is -0.380 e. The lowest BCUT2D eigenvalue weighted by atomic mass is 10.1. The van der Waals surface area contributed by atoms with Crippen molar-refractivity contribution in [2.75, 3.05) is 5.06 Å². The largest absolute Gasteiger partial charge is 0.380 e. The van der Waals surface area contributed by atoms with Gasteiger partial charge in [0, 0.05) is 0 Å². The van der Waals surface area contributed by atoms with Gasteiger partial charge in [-0.1, -0.05) is 24.3 Å². The van der Waals surface area contributed by atoms with Crippen molar-refractivity contribution in [3.63, 3.8) is 0 Å². The molecule has 2 rings (SSSR count). The van der Waals surface area contributed by atoms with Crippen molar-refractivity contribution in [1.82, 2.24) is 5.23 Å². The van der Waals surface area contributed by atoms with Gasteiger partial charge in [-0.25, -0.2) is 0 Å². The van der Waals surface area contributed by atoms with Gasteiger partial charge in [0.2, 0.25) is 0 Å². The second-order valence-corrected chi connectivity index (χ2v) is 3.26. The summed E-state index contributed by atoms with van der Waals surface area (Å²) >= 11 is 0. The predicted molar refractivity (Wildman–Crippen MR) is 55.3 cm³/mol. The van der Waals surface area contributed by atoms with E-state index in [1.807, 2.05) is 24.3 Å². The Kier molecular flexibility index (Phi) is 2.49. The molecule has 15 heavy (non-hydrogen) atoms. The Bertz CT molecular complexity index is 392. The second kappa shape index (κ2) is 3.80. The molecule has 0 saturated heterocycles. The van der Waals surface area contributed by atoms with Gasteiger partial charge in [0.25, 0.3) is 0 Å². The molecule has 0 aliphatic carbocycles. The maximum atomic E-state index is 9.13. The zero-order valence-corrected chi connectivity index (χ0v) is 8.42. The highest BCUT2D eigenvalue weighted by Gasteiger charge is 2.19. The van der Waals surface area contributed by atoms with Gasteiger partial charge in [0.15, 0.2) is 5.82 Å². The van der Waals surface area contributed by atoms with Gasteiger partial charge in [0.05, 0.1) is 11.9 Å².